The molecule has 11 nitrogen and oxygen atoms in total. The Morgan fingerprint density at radius 1 is 1.15 bits per heavy atom. The number of nitro groups is 1. The maximum atomic E-state index is 12.9. The predicted molar refractivity (Wildman–Crippen MR) is 122 cm³/mol. The highest BCUT2D eigenvalue weighted by Gasteiger charge is 2.32. The van der Waals surface area contributed by atoms with Crippen molar-refractivity contribution in [2.24, 2.45) is 0 Å². The average Bonchev–Trinajstić information content (AvgIpc) is 2.78. The van der Waals surface area contributed by atoms with Gasteiger partial charge in [0.15, 0.2) is 6.10 Å². The largest absolute Gasteiger partial charge is 0.449 e. The molecule has 182 valence electrons. The standard InChI is InChI=1S/C22H25N3O8S/c1-14-12-24(13-15(2)32-14)34(30,31)20-9-7-17(8-10-20)22(27)33-16(3)21(26)23-18-5-4-6-19(11-18)25(28)29/h4-11,14-16H,12-13H2,1-3H3,(H,23,26). The summed E-state index contributed by atoms with van der Waals surface area (Å²) in [6.07, 6.45) is -1.67. The molecule has 3 unspecified atom stereocenters. The summed E-state index contributed by atoms with van der Waals surface area (Å²) in [7, 11) is -3.76. The number of anilines is 1. The van der Waals surface area contributed by atoms with Crippen molar-refractivity contribution in [2.75, 3.05) is 18.4 Å². The monoisotopic (exact) mass is 491 g/mol. The lowest BCUT2D eigenvalue weighted by Gasteiger charge is -2.34. The van der Waals surface area contributed by atoms with Gasteiger partial charge in [-0.1, -0.05) is 6.07 Å². The summed E-state index contributed by atoms with van der Waals surface area (Å²) in [5.41, 5.74) is 0.0551. The van der Waals surface area contributed by atoms with E-state index in [1.54, 1.807) is 13.8 Å². The molecule has 0 bridgehead atoms. The first-order valence-electron chi connectivity index (χ1n) is 10.5. The van der Waals surface area contributed by atoms with Gasteiger partial charge in [0.05, 0.1) is 27.6 Å². The number of nitrogens with one attached hydrogen (secondary N) is 1. The molecule has 34 heavy (non-hydrogen) atoms. The van der Waals surface area contributed by atoms with Crippen LogP contribution in [0.1, 0.15) is 31.1 Å². The van der Waals surface area contributed by atoms with Crippen LogP contribution in [-0.2, 0) is 24.3 Å². The van der Waals surface area contributed by atoms with Crippen LogP contribution in [0, 0.1) is 10.1 Å². The second kappa shape index (κ2) is 10.3. The van der Waals surface area contributed by atoms with Crippen molar-refractivity contribution < 1.29 is 32.4 Å². The lowest BCUT2D eigenvalue weighted by molar-refractivity contribution is -0.384. The molecule has 0 spiro atoms. The number of hydrogen-bond acceptors (Lipinski definition) is 8. The Hall–Kier alpha value is -3.35. The number of morpholine rings is 1. The molecule has 0 aliphatic carbocycles. The molecule has 1 saturated heterocycles. The number of hydrogen-bond donors (Lipinski definition) is 1. The maximum Gasteiger partial charge on any atom is 0.338 e. The zero-order valence-electron chi connectivity index (χ0n) is 18.8. The molecule has 1 aliphatic heterocycles. The Labute approximate surface area is 196 Å². The van der Waals surface area contributed by atoms with Gasteiger partial charge >= 0.3 is 5.97 Å². The van der Waals surface area contributed by atoms with Gasteiger partial charge in [-0.05, 0) is 51.1 Å². The van der Waals surface area contributed by atoms with Crippen molar-refractivity contribution in [3.05, 3.63) is 64.2 Å². The Kier molecular flexibility index (Phi) is 7.64. The Morgan fingerprint density at radius 2 is 1.76 bits per heavy atom. The Bertz CT molecular complexity index is 1170. The Balaban J connectivity index is 1.63. The third kappa shape index (κ3) is 5.95. The highest BCUT2D eigenvalue weighted by molar-refractivity contribution is 7.89. The van der Waals surface area contributed by atoms with Crippen LogP contribution in [0.5, 0.6) is 0 Å². The van der Waals surface area contributed by atoms with Crippen molar-refractivity contribution in [3.63, 3.8) is 0 Å². The fourth-order valence-electron chi connectivity index (χ4n) is 3.46. The van der Waals surface area contributed by atoms with Gasteiger partial charge < -0.3 is 14.8 Å². The van der Waals surface area contributed by atoms with Gasteiger partial charge in [-0.3, -0.25) is 14.9 Å². The smallest absolute Gasteiger partial charge is 0.338 e. The fraction of sp³-hybridized carbons (Fsp3) is 0.364. The molecule has 2 aromatic rings. The van der Waals surface area contributed by atoms with Crippen molar-refractivity contribution in [3.8, 4) is 0 Å². The van der Waals surface area contributed by atoms with Crippen molar-refractivity contribution in [2.45, 2.75) is 44.0 Å². The minimum atomic E-state index is -3.76. The molecule has 12 heteroatoms. The number of carbonyl (C=O) groups excluding carboxylic acids is 2. The molecule has 1 heterocycles. The van der Waals surface area contributed by atoms with E-state index in [1.165, 1.54) is 59.8 Å². The number of sulfonamides is 1. The van der Waals surface area contributed by atoms with E-state index in [1.807, 2.05) is 0 Å². The first kappa shape index (κ1) is 25.3. The number of ether oxygens (including phenoxy) is 2. The van der Waals surface area contributed by atoms with Crippen LogP contribution < -0.4 is 5.32 Å². The van der Waals surface area contributed by atoms with Gasteiger partial charge in [0.25, 0.3) is 11.6 Å². The molecule has 0 radical (unpaired) electrons. The summed E-state index contributed by atoms with van der Waals surface area (Å²) in [5.74, 6) is -1.50. The van der Waals surface area contributed by atoms with E-state index in [2.05, 4.69) is 5.32 Å². The van der Waals surface area contributed by atoms with Crippen molar-refractivity contribution in [1.29, 1.82) is 0 Å². The van der Waals surface area contributed by atoms with E-state index < -0.39 is 32.9 Å². The lowest BCUT2D eigenvalue weighted by atomic mass is 10.2. The molecule has 1 N–H and O–H groups in total. The SMILES string of the molecule is CC1CN(S(=O)(=O)c2ccc(C(=O)OC(C)C(=O)Nc3cccc([N+](=O)[O-])c3)cc2)CC(C)O1. The van der Waals surface area contributed by atoms with Gasteiger partial charge in [-0.15, -0.1) is 0 Å². The molecule has 1 amide bonds. The molecule has 3 rings (SSSR count). The minimum absolute atomic E-state index is 0.0295. The molecule has 0 aromatic heterocycles. The van der Waals surface area contributed by atoms with Crippen LogP contribution in [0.15, 0.2) is 53.4 Å². The third-order valence-electron chi connectivity index (χ3n) is 5.09. The van der Waals surface area contributed by atoms with E-state index in [0.29, 0.717) is 0 Å². The number of nitrogens with zero attached hydrogens (tertiary/aromatic N) is 2. The quantitative estimate of drug-likeness (QED) is 0.353. The summed E-state index contributed by atoms with van der Waals surface area (Å²) < 4.78 is 37.9. The molecule has 3 atom stereocenters. The Morgan fingerprint density at radius 3 is 2.35 bits per heavy atom. The average molecular weight is 492 g/mol. The number of amides is 1. The second-order valence-electron chi connectivity index (χ2n) is 7.95. The van der Waals surface area contributed by atoms with E-state index >= 15 is 0 Å². The highest BCUT2D eigenvalue weighted by atomic mass is 32.2. The zero-order valence-corrected chi connectivity index (χ0v) is 19.7. The third-order valence-corrected chi connectivity index (χ3v) is 6.94. The van der Waals surface area contributed by atoms with Crippen molar-refractivity contribution in [1.82, 2.24) is 4.31 Å². The first-order chi connectivity index (χ1) is 16.0. The number of non-ortho nitro benzene ring substituents is 1. The number of carbonyl (C=O) groups is 2. The molecular weight excluding hydrogens is 466 g/mol. The number of rotatable bonds is 7. The first-order valence-corrected chi connectivity index (χ1v) is 11.9. The van der Waals surface area contributed by atoms with E-state index in [9.17, 15) is 28.1 Å². The summed E-state index contributed by atoms with van der Waals surface area (Å²) in [4.78, 5) is 35.0. The van der Waals surface area contributed by atoms with Crippen LogP contribution in [0.4, 0.5) is 11.4 Å². The number of nitro benzene ring substituents is 1. The van der Waals surface area contributed by atoms with Crippen LogP contribution in [0.25, 0.3) is 0 Å². The van der Waals surface area contributed by atoms with Gasteiger partial charge in [-0.2, -0.15) is 4.31 Å². The van der Waals surface area contributed by atoms with Gasteiger partial charge in [-0.25, -0.2) is 13.2 Å². The minimum Gasteiger partial charge on any atom is -0.449 e. The normalized spacial score (nSPS) is 19.7. The lowest BCUT2D eigenvalue weighted by Crippen LogP contribution is -2.48. The van der Waals surface area contributed by atoms with E-state index in [-0.39, 0.29) is 47.1 Å². The number of esters is 1. The maximum absolute atomic E-state index is 12.9. The molecule has 0 saturated carbocycles. The highest BCUT2D eigenvalue weighted by Crippen LogP contribution is 2.22. The van der Waals surface area contributed by atoms with E-state index in [4.69, 9.17) is 9.47 Å². The fourth-order valence-corrected chi connectivity index (χ4v) is 5.05. The summed E-state index contributed by atoms with van der Waals surface area (Å²) in [6, 6.07) is 10.6. The topological polar surface area (TPSA) is 145 Å². The van der Waals surface area contributed by atoms with Gasteiger partial charge in [0.1, 0.15) is 0 Å². The van der Waals surface area contributed by atoms with Crippen LogP contribution in [0.2, 0.25) is 0 Å². The molecular formula is C22H25N3O8S. The molecule has 1 aliphatic rings. The number of benzene rings is 2. The van der Waals surface area contributed by atoms with Gasteiger partial charge in [0.2, 0.25) is 10.0 Å². The predicted octanol–water partition coefficient (Wildman–Crippen LogP) is 2.58. The zero-order chi connectivity index (χ0) is 25.0. The van der Waals surface area contributed by atoms with E-state index in [0.717, 1.165) is 0 Å². The second-order valence-corrected chi connectivity index (χ2v) is 9.89. The summed E-state index contributed by atoms with van der Waals surface area (Å²) in [5, 5.41) is 13.3. The molecule has 1 fully saturated rings. The van der Waals surface area contributed by atoms with Crippen molar-refractivity contribution >= 4 is 33.3 Å². The molecule has 2 aromatic carbocycles. The summed E-state index contributed by atoms with van der Waals surface area (Å²) in [6.45, 7) is 5.41. The van der Waals surface area contributed by atoms with Crippen LogP contribution in [-0.4, -0.2) is 60.9 Å². The van der Waals surface area contributed by atoms with Crippen LogP contribution in [0.3, 0.4) is 0 Å². The van der Waals surface area contributed by atoms with Gasteiger partial charge in [0, 0.05) is 30.9 Å². The van der Waals surface area contributed by atoms with Crippen LogP contribution >= 0.6 is 0 Å². The summed E-state index contributed by atoms with van der Waals surface area (Å²) >= 11 is 0.